The van der Waals surface area contributed by atoms with Gasteiger partial charge in [0, 0.05) is 16.7 Å². The van der Waals surface area contributed by atoms with E-state index >= 15 is 0 Å². The maximum atomic E-state index is 6.05. The van der Waals surface area contributed by atoms with E-state index in [0.717, 1.165) is 5.82 Å². The summed E-state index contributed by atoms with van der Waals surface area (Å²) in [6.07, 6.45) is -0.169. The number of nitrogens with zero attached hydrogens (tertiary/aromatic N) is 1. The topological polar surface area (TPSA) is 24.9 Å². The van der Waals surface area contributed by atoms with Gasteiger partial charge in [-0.3, -0.25) is 0 Å². The molecule has 1 heterocycles. The highest BCUT2D eigenvalue weighted by molar-refractivity contribution is 8.19. The van der Waals surface area contributed by atoms with Gasteiger partial charge < -0.3 is 5.09 Å². The second-order valence-electron chi connectivity index (χ2n) is 5.44. The van der Waals surface area contributed by atoms with Crippen LogP contribution in [0.25, 0.3) is 0 Å². The van der Waals surface area contributed by atoms with Gasteiger partial charge in [0.1, 0.15) is 5.82 Å². The van der Waals surface area contributed by atoms with Crippen LogP contribution in [0, 0.1) is 0 Å². The number of rotatable bonds is 3. The van der Waals surface area contributed by atoms with Crippen LogP contribution in [-0.4, -0.2) is 10.1 Å². The number of nitrogens with one attached hydrogen (secondary N) is 1. The summed E-state index contributed by atoms with van der Waals surface area (Å²) in [5, 5.41) is 4.71. The molecule has 2 nitrogen and oxygen atoms in total. The molecule has 100 valence electrons. The van der Waals surface area contributed by atoms with Crippen LogP contribution in [0.15, 0.2) is 54.7 Å². The lowest BCUT2D eigenvalue weighted by atomic mass is 10.3. The number of anilines is 1. The molecule has 1 aromatic heterocycles. The molecule has 0 amide bonds. The second-order valence-corrected chi connectivity index (χ2v) is 10.4. The highest BCUT2D eigenvalue weighted by atomic mass is 32.4. The molecule has 4 heteroatoms. The summed E-state index contributed by atoms with van der Waals surface area (Å²) in [7, 11) is 0. The molecule has 0 saturated heterocycles. The Kier molecular flexibility index (Phi) is 4.07. The van der Waals surface area contributed by atoms with Crippen molar-refractivity contribution in [1.82, 2.24) is 4.98 Å². The summed E-state index contributed by atoms with van der Waals surface area (Å²) in [5.74, 6) is 0.851. The average molecular weight is 290 g/mol. The lowest BCUT2D eigenvalue weighted by Gasteiger charge is -2.36. The van der Waals surface area contributed by atoms with Crippen LogP contribution >= 0.6 is 6.19 Å². The summed E-state index contributed by atoms with van der Waals surface area (Å²) < 4.78 is 0. The van der Waals surface area contributed by atoms with E-state index < -0.39 is 6.19 Å². The summed E-state index contributed by atoms with van der Waals surface area (Å²) >= 11 is 6.05. The van der Waals surface area contributed by atoms with Gasteiger partial charge in [-0.15, -0.1) is 0 Å². The summed E-state index contributed by atoms with van der Waals surface area (Å²) in [5.41, 5.74) is 0. The van der Waals surface area contributed by atoms with Crippen molar-refractivity contribution in [3.05, 3.63) is 54.7 Å². The van der Waals surface area contributed by atoms with Crippen LogP contribution in [0.4, 0.5) is 5.82 Å². The van der Waals surface area contributed by atoms with Gasteiger partial charge in [-0.05, 0) is 12.1 Å². The lowest BCUT2D eigenvalue weighted by molar-refractivity contribution is 0.788. The first-order valence-corrected chi connectivity index (χ1v) is 9.09. The van der Waals surface area contributed by atoms with E-state index in [2.05, 4.69) is 43.0 Å². The zero-order valence-electron chi connectivity index (χ0n) is 11.5. The maximum Gasteiger partial charge on any atom is 0.129 e. The van der Waals surface area contributed by atoms with Gasteiger partial charge in [-0.25, -0.2) is 4.98 Å². The third-order valence-electron chi connectivity index (χ3n) is 3.00. The monoisotopic (exact) mass is 290 g/mol. The molecule has 1 atom stereocenters. The molecule has 1 N–H and O–H groups in total. The molecule has 0 radical (unpaired) electrons. The van der Waals surface area contributed by atoms with Crippen molar-refractivity contribution in [2.75, 3.05) is 5.09 Å². The Morgan fingerprint density at radius 3 is 2.16 bits per heavy atom. The Labute approximate surface area is 120 Å². The predicted molar refractivity (Wildman–Crippen MR) is 88.0 cm³/mol. The quantitative estimate of drug-likeness (QED) is 0.865. The molecule has 0 fully saturated rings. The SMILES string of the molecule is CC(C)(C)P(=S)(Nc1ccccn1)c1ccccc1. The Morgan fingerprint density at radius 1 is 1.00 bits per heavy atom. The minimum atomic E-state index is -1.96. The van der Waals surface area contributed by atoms with Crippen LogP contribution in [0.5, 0.6) is 0 Å². The van der Waals surface area contributed by atoms with Crippen molar-refractivity contribution in [2.24, 2.45) is 0 Å². The summed E-state index contributed by atoms with van der Waals surface area (Å²) in [6, 6.07) is 16.2. The molecule has 0 aliphatic rings. The summed E-state index contributed by atoms with van der Waals surface area (Å²) in [6.45, 7) is 6.57. The van der Waals surface area contributed by atoms with E-state index in [-0.39, 0.29) is 5.16 Å². The smallest absolute Gasteiger partial charge is 0.129 e. The zero-order valence-corrected chi connectivity index (χ0v) is 13.2. The van der Waals surface area contributed by atoms with Crippen molar-refractivity contribution in [3.8, 4) is 0 Å². The third-order valence-corrected chi connectivity index (χ3v) is 9.01. The molecule has 2 aromatic rings. The standard InChI is InChI=1S/C15H19N2PS/c1-15(2,3)18(19,13-9-5-4-6-10-13)17-14-11-7-8-12-16-14/h4-12H,1-3H3,(H,16,17,19). The van der Waals surface area contributed by atoms with Crippen LogP contribution in [0.1, 0.15) is 20.8 Å². The molecule has 0 spiro atoms. The second kappa shape index (κ2) is 5.44. The highest BCUT2D eigenvalue weighted by Crippen LogP contribution is 2.56. The van der Waals surface area contributed by atoms with Crippen LogP contribution in [0.3, 0.4) is 0 Å². The molecule has 0 saturated carbocycles. The van der Waals surface area contributed by atoms with Crippen molar-refractivity contribution < 1.29 is 0 Å². The van der Waals surface area contributed by atoms with E-state index in [1.54, 1.807) is 6.20 Å². The minimum Gasteiger partial charge on any atom is -0.338 e. The summed E-state index contributed by atoms with van der Waals surface area (Å²) in [4.78, 5) is 4.35. The van der Waals surface area contributed by atoms with Crippen LogP contribution in [-0.2, 0) is 11.8 Å². The molecular weight excluding hydrogens is 271 g/mol. The van der Waals surface area contributed by atoms with Gasteiger partial charge in [0.2, 0.25) is 0 Å². The Hall–Kier alpha value is -1.18. The Balaban J connectivity index is 2.46. The number of pyridine rings is 1. The number of benzene rings is 1. The van der Waals surface area contributed by atoms with Crippen LogP contribution in [0.2, 0.25) is 0 Å². The van der Waals surface area contributed by atoms with Crippen molar-refractivity contribution in [3.63, 3.8) is 0 Å². The molecule has 0 bridgehead atoms. The molecule has 0 aliphatic carbocycles. The molecule has 1 aromatic carbocycles. The first kappa shape index (κ1) is 14.2. The fraction of sp³-hybridized carbons (Fsp3) is 0.267. The fourth-order valence-electron chi connectivity index (χ4n) is 1.85. The van der Waals surface area contributed by atoms with E-state index in [1.807, 2.05) is 36.4 Å². The van der Waals surface area contributed by atoms with Crippen molar-refractivity contribution >= 4 is 29.1 Å². The van der Waals surface area contributed by atoms with Crippen LogP contribution < -0.4 is 10.4 Å². The van der Waals surface area contributed by atoms with E-state index in [1.165, 1.54) is 5.30 Å². The predicted octanol–water partition coefficient (Wildman–Crippen LogP) is 4.01. The number of hydrogen-bond acceptors (Lipinski definition) is 2. The largest absolute Gasteiger partial charge is 0.338 e. The fourth-order valence-corrected chi connectivity index (χ4v) is 4.78. The van der Waals surface area contributed by atoms with Gasteiger partial charge in [-0.2, -0.15) is 0 Å². The van der Waals surface area contributed by atoms with Gasteiger partial charge in [0.25, 0.3) is 0 Å². The molecule has 19 heavy (non-hydrogen) atoms. The Bertz CT molecular complexity index is 576. The molecular formula is C15H19N2PS. The van der Waals surface area contributed by atoms with Crippen molar-refractivity contribution in [2.45, 2.75) is 25.9 Å². The van der Waals surface area contributed by atoms with Crippen molar-refractivity contribution in [1.29, 1.82) is 0 Å². The normalized spacial score (nSPS) is 14.7. The number of aromatic nitrogens is 1. The van der Waals surface area contributed by atoms with E-state index in [9.17, 15) is 0 Å². The maximum absolute atomic E-state index is 6.05. The molecule has 2 rings (SSSR count). The van der Waals surface area contributed by atoms with Gasteiger partial charge in [0.05, 0.1) is 6.19 Å². The minimum absolute atomic E-state index is 0.0127. The van der Waals surface area contributed by atoms with Gasteiger partial charge in [-0.1, -0.05) is 69.0 Å². The van der Waals surface area contributed by atoms with Gasteiger partial charge in [0.15, 0.2) is 0 Å². The third kappa shape index (κ3) is 3.05. The first-order valence-electron chi connectivity index (χ1n) is 6.28. The molecule has 1 unspecified atom stereocenters. The lowest BCUT2D eigenvalue weighted by Crippen LogP contribution is -2.27. The zero-order chi connectivity index (χ0) is 13.9. The van der Waals surface area contributed by atoms with E-state index in [4.69, 9.17) is 11.8 Å². The first-order chi connectivity index (χ1) is 8.93. The number of hydrogen-bond donors (Lipinski definition) is 1. The van der Waals surface area contributed by atoms with Gasteiger partial charge >= 0.3 is 0 Å². The van der Waals surface area contributed by atoms with E-state index in [0.29, 0.717) is 0 Å². The molecule has 0 aliphatic heterocycles. The average Bonchev–Trinajstić information content (AvgIpc) is 2.39. The highest BCUT2D eigenvalue weighted by Gasteiger charge is 2.33. The Morgan fingerprint density at radius 2 is 1.63 bits per heavy atom.